The highest BCUT2D eigenvalue weighted by molar-refractivity contribution is 7.99. The van der Waals surface area contributed by atoms with Crippen molar-refractivity contribution >= 4 is 34.7 Å². The number of benzene rings is 3. The second-order valence-electron chi connectivity index (χ2n) is 5.30. The molecule has 2 nitrogen and oxygen atoms in total. The van der Waals surface area contributed by atoms with Crippen LogP contribution in [0.2, 0.25) is 5.02 Å². The molecule has 0 unspecified atom stereocenters. The molecule has 1 N–H and O–H groups in total. The predicted molar refractivity (Wildman–Crippen MR) is 96.1 cm³/mol. The molecule has 0 atom stereocenters. The fourth-order valence-electron chi connectivity index (χ4n) is 2.47. The number of hydrogen-bond acceptors (Lipinski definition) is 3. The summed E-state index contributed by atoms with van der Waals surface area (Å²) >= 11 is 7.79. The number of anilines is 2. The highest BCUT2D eigenvalue weighted by atomic mass is 35.5. The first-order chi connectivity index (χ1) is 11.3. The summed E-state index contributed by atoms with van der Waals surface area (Å²) in [4.78, 5) is 2.27. The lowest BCUT2D eigenvalue weighted by Gasteiger charge is -2.21. The average Bonchev–Trinajstić information content (AvgIpc) is 2.59. The quantitative estimate of drug-likeness (QED) is 0.485. The molecule has 0 radical (unpaired) electrons. The summed E-state index contributed by atoms with van der Waals surface area (Å²) in [6.07, 6.45) is 0. The van der Waals surface area contributed by atoms with Crippen LogP contribution in [0.25, 0.3) is 0 Å². The Kier molecular flexibility index (Phi) is 3.90. The molecule has 0 aromatic heterocycles. The fraction of sp³-hybridized carbons (Fsp3) is 0.0526. The van der Waals surface area contributed by atoms with Crippen molar-refractivity contribution in [1.29, 1.82) is 0 Å². The molecule has 0 fully saturated rings. The number of hydrogen-bond donors (Lipinski definition) is 1. The zero-order valence-corrected chi connectivity index (χ0v) is 13.8. The standard InChI is InChI=1S/C19H14ClNOS/c20-14-6-8-16-18(10-14)23-19-11-15(7-9-17(19)21-16)22-12-13-4-2-1-3-5-13/h1-11,21H,12H2. The van der Waals surface area contributed by atoms with Gasteiger partial charge in [-0.3, -0.25) is 0 Å². The van der Waals surface area contributed by atoms with Crippen molar-refractivity contribution in [3.8, 4) is 5.75 Å². The number of nitrogens with one attached hydrogen (secondary N) is 1. The van der Waals surface area contributed by atoms with E-state index < -0.39 is 0 Å². The maximum Gasteiger partial charge on any atom is 0.121 e. The van der Waals surface area contributed by atoms with Gasteiger partial charge in [0.2, 0.25) is 0 Å². The van der Waals surface area contributed by atoms with Crippen LogP contribution in [-0.2, 0) is 6.61 Å². The van der Waals surface area contributed by atoms with Gasteiger partial charge in [0.05, 0.1) is 11.4 Å². The van der Waals surface area contributed by atoms with Gasteiger partial charge in [-0.1, -0.05) is 53.7 Å². The first-order valence-electron chi connectivity index (χ1n) is 7.33. The number of halogens is 1. The van der Waals surface area contributed by atoms with E-state index in [-0.39, 0.29) is 0 Å². The summed E-state index contributed by atoms with van der Waals surface area (Å²) in [6.45, 7) is 0.570. The van der Waals surface area contributed by atoms with Crippen molar-refractivity contribution in [1.82, 2.24) is 0 Å². The van der Waals surface area contributed by atoms with Gasteiger partial charge in [-0.25, -0.2) is 0 Å². The predicted octanol–water partition coefficient (Wildman–Crippen LogP) is 6.13. The van der Waals surface area contributed by atoms with Crippen LogP contribution in [0.5, 0.6) is 5.75 Å². The minimum absolute atomic E-state index is 0.570. The van der Waals surface area contributed by atoms with Crippen molar-refractivity contribution in [3.63, 3.8) is 0 Å². The lowest BCUT2D eigenvalue weighted by Crippen LogP contribution is -2.01. The molecule has 3 aromatic carbocycles. The van der Waals surface area contributed by atoms with Gasteiger partial charge < -0.3 is 10.1 Å². The normalized spacial score (nSPS) is 12.0. The first-order valence-corrected chi connectivity index (χ1v) is 8.52. The third-order valence-corrected chi connectivity index (χ3v) is 4.98. The van der Waals surface area contributed by atoms with Crippen molar-refractivity contribution in [2.24, 2.45) is 0 Å². The molecule has 4 heteroatoms. The number of ether oxygens (including phenoxy) is 1. The molecular weight excluding hydrogens is 326 g/mol. The van der Waals surface area contributed by atoms with Crippen LogP contribution in [0, 0.1) is 0 Å². The molecule has 114 valence electrons. The Bertz CT molecular complexity index is 851. The maximum atomic E-state index is 6.09. The molecule has 4 rings (SSSR count). The maximum absolute atomic E-state index is 6.09. The Balaban J connectivity index is 1.54. The van der Waals surface area contributed by atoms with Gasteiger partial charge in [-0.2, -0.15) is 0 Å². The first kappa shape index (κ1) is 14.5. The average molecular weight is 340 g/mol. The monoisotopic (exact) mass is 339 g/mol. The summed E-state index contributed by atoms with van der Waals surface area (Å²) < 4.78 is 5.90. The molecule has 0 aliphatic carbocycles. The minimum atomic E-state index is 0.570. The van der Waals surface area contributed by atoms with Crippen LogP contribution >= 0.6 is 23.4 Å². The summed E-state index contributed by atoms with van der Waals surface area (Å²) in [5, 5.41) is 4.18. The molecule has 0 amide bonds. The zero-order chi connectivity index (χ0) is 15.6. The lowest BCUT2D eigenvalue weighted by atomic mass is 10.2. The summed E-state index contributed by atoms with van der Waals surface area (Å²) in [5.41, 5.74) is 3.34. The van der Waals surface area contributed by atoms with Crippen LogP contribution in [0.15, 0.2) is 76.5 Å². The van der Waals surface area contributed by atoms with Gasteiger partial charge in [-0.15, -0.1) is 0 Å². The molecule has 1 heterocycles. The van der Waals surface area contributed by atoms with Crippen molar-refractivity contribution in [2.45, 2.75) is 16.4 Å². The Labute approximate surface area is 144 Å². The second-order valence-corrected chi connectivity index (χ2v) is 6.82. The van der Waals surface area contributed by atoms with Crippen LogP contribution in [0.1, 0.15) is 5.56 Å². The SMILES string of the molecule is Clc1ccc2c(c1)Sc1cc(OCc3ccccc3)ccc1N2. The molecule has 0 saturated carbocycles. The van der Waals surface area contributed by atoms with Crippen molar-refractivity contribution in [3.05, 3.63) is 77.3 Å². The Morgan fingerprint density at radius 2 is 1.61 bits per heavy atom. The molecule has 1 aliphatic heterocycles. The largest absolute Gasteiger partial charge is 0.489 e. The fourth-order valence-corrected chi connectivity index (χ4v) is 3.76. The summed E-state index contributed by atoms with van der Waals surface area (Å²) in [7, 11) is 0. The summed E-state index contributed by atoms with van der Waals surface area (Å²) in [6, 6.07) is 22.2. The number of rotatable bonds is 3. The van der Waals surface area contributed by atoms with Crippen LogP contribution < -0.4 is 10.1 Å². The van der Waals surface area contributed by atoms with Crippen LogP contribution in [0.3, 0.4) is 0 Å². The summed E-state index contributed by atoms with van der Waals surface area (Å²) in [5.74, 6) is 0.868. The third kappa shape index (κ3) is 3.16. The van der Waals surface area contributed by atoms with Crippen molar-refractivity contribution < 1.29 is 4.74 Å². The minimum Gasteiger partial charge on any atom is -0.489 e. The van der Waals surface area contributed by atoms with E-state index in [4.69, 9.17) is 16.3 Å². The zero-order valence-electron chi connectivity index (χ0n) is 12.3. The Morgan fingerprint density at radius 1 is 0.870 bits per heavy atom. The highest BCUT2D eigenvalue weighted by Gasteiger charge is 2.16. The molecule has 23 heavy (non-hydrogen) atoms. The van der Waals surface area contributed by atoms with E-state index in [2.05, 4.69) is 29.6 Å². The van der Waals surface area contributed by atoms with E-state index in [0.29, 0.717) is 6.61 Å². The topological polar surface area (TPSA) is 21.3 Å². The smallest absolute Gasteiger partial charge is 0.121 e. The van der Waals surface area contributed by atoms with Crippen LogP contribution in [0.4, 0.5) is 11.4 Å². The second kappa shape index (κ2) is 6.19. The van der Waals surface area contributed by atoms with Gasteiger partial charge in [0, 0.05) is 14.8 Å². The van der Waals surface area contributed by atoms with E-state index in [1.165, 1.54) is 0 Å². The van der Waals surface area contributed by atoms with Gasteiger partial charge >= 0.3 is 0 Å². The molecule has 0 spiro atoms. The van der Waals surface area contributed by atoms with E-state index in [1.54, 1.807) is 11.8 Å². The van der Waals surface area contributed by atoms with E-state index >= 15 is 0 Å². The van der Waals surface area contributed by atoms with Gasteiger partial charge in [0.1, 0.15) is 12.4 Å². The highest BCUT2D eigenvalue weighted by Crippen LogP contribution is 2.46. The van der Waals surface area contributed by atoms with Crippen molar-refractivity contribution in [2.75, 3.05) is 5.32 Å². The molecule has 0 bridgehead atoms. The third-order valence-electron chi connectivity index (χ3n) is 3.63. The van der Waals surface area contributed by atoms with Crippen LogP contribution in [-0.4, -0.2) is 0 Å². The molecule has 3 aromatic rings. The molecule has 0 saturated heterocycles. The number of fused-ring (bicyclic) bond motifs is 2. The Hall–Kier alpha value is -2.10. The van der Waals surface area contributed by atoms with E-state index in [0.717, 1.165) is 37.5 Å². The van der Waals surface area contributed by atoms with Gasteiger partial charge in [-0.05, 0) is 42.0 Å². The van der Waals surface area contributed by atoms with E-state index in [1.807, 2.05) is 42.5 Å². The van der Waals surface area contributed by atoms with Gasteiger partial charge in [0.25, 0.3) is 0 Å². The van der Waals surface area contributed by atoms with E-state index in [9.17, 15) is 0 Å². The van der Waals surface area contributed by atoms with Gasteiger partial charge in [0.15, 0.2) is 0 Å². The molecular formula is C19H14ClNOS. The lowest BCUT2D eigenvalue weighted by molar-refractivity contribution is 0.305. The molecule has 1 aliphatic rings. The Morgan fingerprint density at radius 3 is 2.43 bits per heavy atom.